The number of benzene rings is 1. The monoisotopic (exact) mass is 473 g/mol. The first kappa shape index (κ1) is 25.4. The number of rotatable bonds is 6. The first-order valence-corrected chi connectivity index (χ1v) is 11.2. The number of H-pyrrole nitrogens is 1. The van der Waals surface area contributed by atoms with Gasteiger partial charge in [-0.15, -0.1) is 0 Å². The Labute approximate surface area is 196 Å². The number of aromatic nitrogens is 1. The number of likely N-dealkylation sites (N-methyl/N-ethyl adjacent to an activating group) is 1. The number of aliphatic hydroxyl groups excluding tert-OH is 2. The summed E-state index contributed by atoms with van der Waals surface area (Å²) >= 11 is 0. The van der Waals surface area contributed by atoms with Crippen molar-refractivity contribution in [2.24, 2.45) is 5.92 Å². The molecule has 1 aromatic carbocycles. The number of carboxylic acid groups (broad SMARTS) is 2. The molecule has 0 spiro atoms. The van der Waals surface area contributed by atoms with Crippen molar-refractivity contribution in [3.05, 3.63) is 41.6 Å². The van der Waals surface area contributed by atoms with Gasteiger partial charge in [-0.3, -0.25) is 9.69 Å². The summed E-state index contributed by atoms with van der Waals surface area (Å²) < 4.78 is 0. The maximum Gasteiger partial charge on any atom is 0.335 e. The van der Waals surface area contributed by atoms with E-state index in [1.54, 1.807) is 0 Å². The molecule has 6 N–H and O–H groups in total. The molecular formula is C24H31N3O7. The van der Waals surface area contributed by atoms with E-state index in [4.69, 9.17) is 20.4 Å². The minimum absolute atomic E-state index is 0.0778. The molecule has 4 rings (SSSR count). The molecule has 10 nitrogen and oxygen atoms in total. The fraction of sp³-hybridized carbons (Fsp3) is 0.458. The van der Waals surface area contributed by atoms with Crippen molar-refractivity contribution in [2.75, 3.05) is 13.6 Å². The second kappa shape index (κ2) is 10.4. The molecule has 0 saturated heterocycles. The molecule has 1 amide bonds. The molecular weight excluding hydrogens is 442 g/mol. The van der Waals surface area contributed by atoms with Crippen molar-refractivity contribution in [1.29, 1.82) is 0 Å². The zero-order valence-electron chi connectivity index (χ0n) is 19.4. The van der Waals surface area contributed by atoms with Gasteiger partial charge in [-0.05, 0) is 49.6 Å². The summed E-state index contributed by atoms with van der Waals surface area (Å²) in [6.45, 7) is 4.95. The first-order valence-electron chi connectivity index (χ1n) is 11.2. The summed E-state index contributed by atoms with van der Waals surface area (Å²) in [5, 5.41) is 37.0. The van der Waals surface area contributed by atoms with E-state index >= 15 is 0 Å². The first-order chi connectivity index (χ1) is 16.0. The molecule has 1 aromatic heterocycles. The largest absolute Gasteiger partial charge is 0.479 e. The molecule has 34 heavy (non-hydrogen) atoms. The number of nitrogens with zero attached hydrogens (tertiary/aromatic N) is 1. The van der Waals surface area contributed by atoms with E-state index in [0.717, 1.165) is 19.4 Å². The smallest absolute Gasteiger partial charge is 0.335 e. The van der Waals surface area contributed by atoms with Gasteiger partial charge in [-0.2, -0.15) is 0 Å². The Morgan fingerprint density at radius 3 is 2.41 bits per heavy atom. The van der Waals surface area contributed by atoms with E-state index in [1.807, 2.05) is 0 Å². The van der Waals surface area contributed by atoms with E-state index in [1.165, 1.54) is 27.6 Å². The highest BCUT2D eigenvalue weighted by molar-refractivity contribution is 5.99. The third-order valence-electron chi connectivity index (χ3n) is 6.41. The van der Waals surface area contributed by atoms with Crippen LogP contribution in [0.25, 0.3) is 16.5 Å². The quantitative estimate of drug-likeness (QED) is 0.359. The normalized spacial score (nSPS) is 21.9. The summed E-state index contributed by atoms with van der Waals surface area (Å²) in [5.74, 6) is -3.47. The van der Waals surface area contributed by atoms with Crippen LogP contribution < -0.4 is 5.32 Å². The number of hydrogen-bond acceptors (Lipinski definition) is 6. The van der Waals surface area contributed by atoms with Crippen molar-refractivity contribution < 1.29 is 34.8 Å². The second-order valence-corrected chi connectivity index (χ2v) is 8.81. The number of hydrogen-bond donors (Lipinski definition) is 6. The Bertz CT molecular complexity index is 1090. The number of nitrogens with one attached hydrogen (secondary N) is 2. The van der Waals surface area contributed by atoms with Crippen LogP contribution in [0.4, 0.5) is 0 Å². The topological polar surface area (TPSA) is 163 Å². The van der Waals surface area contributed by atoms with E-state index < -0.39 is 24.1 Å². The van der Waals surface area contributed by atoms with Gasteiger partial charge in [0.15, 0.2) is 12.2 Å². The van der Waals surface area contributed by atoms with Gasteiger partial charge in [0.25, 0.3) is 0 Å². The standard InChI is InChI=1S/C20H25N3O.C4H6O6/c1-4-12(2)22-20(24)14-8-16-15-6-5-7-17-19(15)13(10-21-17)9-18(16)23(3)11-14;5-1(3(7)8)2(6)4(9)10/h5-8,10,12,14,18,21H,4,9,11H2,1-3H3,(H,22,24);1-2,5-6H,(H,7,8)(H,9,10). The summed E-state index contributed by atoms with van der Waals surface area (Å²) in [5.41, 5.74) is 5.17. The molecule has 2 aliphatic rings. The number of aliphatic hydroxyl groups is 2. The van der Waals surface area contributed by atoms with Gasteiger partial charge in [-0.1, -0.05) is 25.1 Å². The highest BCUT2D eigenvalue weighted by Gasteiger charge is 2.35. The van der Waals surface area contributed by atoms with Crippen LogP contribution >= 0.6 is 0 Å². The molecule has 0 fully saturated rings. The maximum absolute atomic E-state index is 12.6. The number of carbonyl (C=O) groups excluding carboxylic acids is 1. The number of aliphatic carboxylic acids is 2. The summed E-state index contributed by atoms with van der Waals surface area (Å²) in [6, 6.07) is 7.02. The lowest BCUT2D eigenvalue weighted by Gasteiger charge is -2.39. The Kier molecular flexibility index (Phi) is 7.75. The SMILES string of the molecule is CCC(C)NC(=O)C1C=C2c3cccc4[nH]cc(c34)CC2N(C)C1.O=C(O)C(O)C(O)C(=O)O. The van der Waals surface area contributed by atoms with Crippen LogP contribution in [-0.4, -0.2) is 86.0 Å². The van der Waals surface area contributed by atoms with E-state index in [2.05, 4.69) is 66.6 Å². The zero-order valence-corrected chi connectivity index (χ0v) is 19.4. The molecule has 0 saturated carbocycles. The van der Waals surface area contributed by atoms with Gasteiger partial charge < -0.3 is 30.7 Å². The van der Waals surface area contributed by atoms with E-state index in [-0.39, 0.29) is 17.9 Å². The highest BCUT2D eigenvalue weighted by Crippen LogP contribution is 2.40. The number of amides is 1. The highest BCUT2D eigenvalue weighted by atomic mass is 16.4. The minimum Gasteiger partial charge on any atom is -0.479 e. The van der Waals surface area contributed by atoms with Crippen molar-refractivity contribution >= 4 is 34.3 Å². The number of carboxylic acids is 2. The summed E-state index contributed by atoms with van der Waals surface area (Å²) in [4.78, 5) is 37.9. The average Bonchev–Trinajstić information content (AvgIpc) is 3.23. The Morgan fingerprint density at radius 1 is 1.18 bits per heavy atom. The molecule has 0 bridgehead atoms. The van der Waals surface area contributed by atoms with E-state index in [0.29, 0.717) is 6.04 Å². The number of aromatic amines is 1. The minimum atomic E-state index is -2.27. The van der Waals surface area contributed by atoms with Crippen LogP contribution in [0.15, 0.2) is 30.5 Å². The third-order valence-corrected chi connectivity index (χ3v) is 6.41. The van der Waals surface area contributed by atoms with Crippen molar-refractivity contribution in [3.8, 4) is 0 Å². The molecule has 5 atom stereocenters. The van der Waals surface area contributed by atoms with Crippen LogP contribution in [0, 0.1) is 5.92 Å². The van der Waals surface area contributed by atoms with Crippen LogP contribution in [0.2, 0.25) is 0 Å². The number of carbonyl (C=O) groups is 3. The van der Waals surface area contributed by atoms with Gasteiger partial charge in [0, 0.05) is 35.7 Å². The molecule has 10 heteroatoms. The molecule has 0 radical (unpaired) electrons. The van der Waals surface area contributed by atoms with Crippen molar-refractivity contribution in [2.45, 2.75) is 51.0 Å². The summed E-state index contributed by atoms with van der Waals surface area (Å²) in [6.07, 6.45) is 1.79. The Hall–Kier alpha value is -3.21. The lowest BCUT2D eigenvalue weighted by molar-refractivity contribution is -0.165. The average molecular weight is 474 g/mol. The molecule has 1 aliphatic carbocycles. The fourth-order valence-corrected chi connectivity index (χ4v) is 4.34. The fourth-order valence-electron chi connectivity index (χ4n) is 4.34. The predicted molar refractivity (Wildman–Crippen MR) is 125 cm³/mol. The maximum atomic E-state index is 12.6. The van der Waals surface area contributed by atoms with Crippen LogP contribution in [0.3, 0.4) is 0 Å². The van der Waals surface area contributed by atoms with Gasteiger partial charge >= 0.3 is 11.9 Å². The van der Waals surface area contributed by atoms with Crippen LogP contribution in [-0.2, 0) is 20.8 Å². The van der Waals surface area contributed by atoms with Crippen LogP contribution in [0.5, 0.6) is 0 Å². The van der Waals surface area contributed by atoms with E-state index in [9.17, 15) is 14.4 Å². The summed E-state index contributed by atoms with van der Waals surface area (Å²) in [7, 11) is 2.14. The molecule has 184 valence electrons. The second-order valence-electron chi connectivity index (χ2n) is 8.81. The molecule has 5 unspecified atom stereocenters. The molecule has 1 aliphatic heterocycles. The van der Waals surface area contributed by atoms with Crippen LogP contribution in [0.1, 0.15) is 31.4 Å². The van der Waals surface area contributed by atoms with Gasteiger partial charge in [0.2, 0.25) is 5.91 Å². The lowest BCUT2D eigenvalue weighted by Crippen LogP contribution is -2.47. The number of fused-ring (bicyclic) bond motifs is 2. The Morgan fingerprint density at radius 2 is 1.82 bits per heavy atom. The Balaban J connectivity index is 0.000000277. The predicted octanol–water partition coefficient (Wildman–Crippen LogP) is 0.830. The molecule has 2 heterocycles. The molecule has 2 aromatic rings. The van der Waals surface area contributed by atoms with Gasteiger partial charge in [-0.25, -0.2) is 9.59 Å². The third kappa shape index (κ3) is 5.14. The zero-order chi connectivity index (χ0) is 25.2. The van der Waals surface area contributed by atoms with Gasteiger partial charge in [0.05, 0.1) is 5.92 Å². The lowest BCUT2D eigenvalue weighted by atomic mass is 9.80. The van der Waals surface area contributed by atoms with Crippen molar-refractivity contribution in [3.63, 3.8) is 0 Å². The van der Waals surface area contributed by atoms with Crippen molar-refractivity contribution in [1.82, 2.24) is 15.2 Å². The van der Waals surface area contributed by atoms with Gasteiger partial charge in [0.1, 0.15) is 0 Å².